The molecule has 0 saturated carbocycles. The van der Waals surface area contributed by atoms with Crippen molar-refractivity contribution in [2.45, 2.75) is 13.8 Å². The van der Waals surface area contributed by atoms with Crippen LogP contribution in [0.4, 0.5) is 0 Å². The normalized spacial score (nSPS) is 11.7. The molecule has 0 aliphatic carbocycles. The summed E-state index contributed by atoms with van der Waals surface area (Å²) in [5.74, 6) is 0.337. The highest BCUT2D eigenvalue weighted by Gasteiger charge is 2.20. The van der Waals surface area contributed by atoms with Gasteiger partial charge < -0.3 is 4.18 Å². The van der Waals surface area contributed by atoms with Crippen LogP contribution in [0.2, 0.25) is 0 Å². The molecule has 0 aliphatic heterocycles. The van der Waals surface area contributed by atoms with Crippen LogP contribution in [0.1, 0.15) is 13.8 Å². The number of rotatable bonds is 5. The van der Waals surface area contributed by atoms with Crippen LogP contribution in [-0.2, 0) is 10.3 Å². The Labute approximate surface area is 90.7 Å². The zero-order valence-electron chi connectivity index (χ0n) is 8.88. The van der Waals surface area contributed by atoms with E-state index in [-0.39, 0.29) is 0 Å². The molecular weight excluding hydrogens is 214 g/mol. The fraction of sp³-hybridized carbons (Fsp3) is 0.400. The lowest BCUT2D eigenvalue weighted by molar-refractivity contribution is 0.376. The van der Waals surface area contributed by atoms with Crippen molar-refractivity contribution in [2.24, 2.45) is 0 Å². The van der Waals surface area contributed by atoms with Gasteiger partial charge in [-0.25, -0.2) is 0 Å². The lowest BCUT2D eigenvalue weighted by Crippen LogP contribution is -2.34. The standard InChI is InChI=1S/C10H15NO3S/c1-3-11(4-2)15(12,13)14-10-8-6-5-7-9-10/h5-9H,3-4H2,1-2H3. The van der Waals surface area contributed by atoms with E-state index in [9.17, 15) is 8.42 Å². The van der Waals surface area contributed by atoms with Crippen LogP contribution < -0.4 is 4.18 Å². The zero-order valence-corrected chi connectivity index (χ0v) is 9.70. The number of hydrogen-bond acceptors (Lipinski definition) is 3. The van der Waals surface area contributed by atoms with E-state index in [1.165, 1.54) is 4.31 Å². The van der Waals surface area contributed by atoms with Gasteiger partial charge in [0.1, 0.15) is 5.75 Å². The maximum absolute atomic E-state index is 11.7. The molecule has 1 aromatic carbocycles. The summed E-state index contributed by atoms with van der Waals surface area (Å²) in [6, 6.07) is 8.49. The molecule has 0 saturated heterocycles. The maximum Gasteiger partial charge on any atom is 0.385 e. The molecule has 0 aliphatic rings. The van der Waals surface area contributed by atoms with Crippen molar-refractivity contribution in [1.29, 1.82) is 0 Å². The Morgan fingerprint density at radius 2 is 1.67 bits per heavy atom. The molecule has 0 N–H and O–H groups in total. The third-order valence-electron chi connectivity index (χ3n) is 1.97. The van der Waals surface area contributed by atoms with Gasteiger partial charge in [0, 0.05) is 13.1 Å². The second-order valence-electron chi connectivity index (χ2n) is 2.94. The van der Waals surface area contributed by atoms with Gasteiger partial charge in [0.05, 0.1) is 0 Å². The molecule has 1 aromatic rings. The van der Waals surface area contributed by atoms with E-state index in [1.807, 2.05) is 0 Å². The SMILES string of the molecule is CCN(CC)S(=O)(=O)Oc1ccccc1. The van der Waals surface area contributed by atoms with Gasteiger partial charge in [-0.05, 0) is 12.1 Å². The molecule has 0 bridgehead atoms. The summed E-state index contributed by atoms with van der Waals surface area (Å²) in [7, 11) is -3.64. The monoisotopic (exact) mass is 229 g/mol. The number of hydrogen-bond donors (Lipinski definition) is 0. The van der Waals surface area contributed by atoms with E-state index in [0.717, 1.165) is 0 Å². The van der Waals surface area contributed by atoms with Crippen LogP contribution >= 0.6 is 0 Å². The summed E-state index contributed by atoms with van der Waals surface area (Å²) >= 11 is 0. The van der Waals surface area contributed by atoms with Crippen molar-refractivity contribution < 1.29 is 12.6 Å². The third-order valence-corrected chi connectivity index (χ3v) is 3.52. The Bertz CT molecular complexity index is 384. The molecule has 0 amide bonds. The largest absolute Gasteiger partial charge is 0.385 e. The Kier molecular flexibility index (Phi) is 4.11. The Morgan fingerprint density at radius 3 is 2.13 bits per heavy atom. The molecule has 0 radical (unpaired) electrons. The highest BCUT2D eigenvalue weighted by atomic mass is 32.2. The lowest BCUT2D eigenvalue weighted by Gasteiger charge is -2.17. The molecule has 84 valence electrons. The minimum Gasteiger partial charge on any atom is -0.371 e. The van der Waals surface area contributed by atoms with Crippen LogP contribution in [0.15, 0.2) is 30.3 Å². The quantitative estimate of drug-likeness (QED) is 0.771. The second-order valence-corrected chi connectivity index (χ2v) is 4.48. The highest BCUT2D eigenvalue weighted by Crippen LogP contribution is 2.13. The number of para-hydroxylation sites is 1. The van der Waals surface area contributed by atoms with Gasteiger partial charge in [0.25, 0.3) is 0 Å². The van der Waals surface area contributed by atoms with Crippen LogP contribution in [0.5, 0.6) is 5.75 Å². The van der Waals surface area contributed by atoms with E-state index in [1.54, 1.807) is 44.2 Å². The van der Waals surface area contributed by atoms with Gasteiger partial charge >= 0.3 is 10.3 Å². The predicted octanol–water partition coefficient (Wildman–Crippen LogP) is 1.65. The highest BCUT2D eigenvalue weighted by molar-refractivity contribution is 7.84. The van der Waals surface area contributed by atoms with Crippen LogP contribution in [-0.4, -0.2) is 25.8 Å². The summed E-state index contributed by atoms with van der Waals surface area (Å²) in [5.41, 5.74) is 0. The fourth-order valence-electron chi connectivity index (χ4n) is 1.19. The van der Waals surface area contributed by atoms with Crippen LogP contribution in [0.3, 0.4) is 0 Å². The van der Waals surface area contributed by atoms with E-state index in [0.29, 0.717) is 18.8 Å². The van der Waals surface area contributed by atoms with Gasteiger partial charge in [-0.2, -0.15) is 12.7 Å². The van der Waals surface area contributed by atoms with Gasteiger partial charge in [-0.3, -0.25) is 0 Å². The molecule has 0 atom stereocenters. The van der Waals surface area contributed by atoms with Crippen LogP contribution in [0, 0.1) is 0 Å². The van der Waals surface area contributed by atoms with Crippen molar-refractivity contribution in [1.82, 2.24) is 4.31 Å². The molecule has 0 spiro atoms. The van der Waals surface area contributed by atoms with Gasteiger partial charge in [-0.15, -0.1) is 0 Å². The van der Waals surface area contributed by atoms with Crippen molar-refractivity contribution in [3.8, 4) is 5.75 Å². The predicted molar refractivity (Wildman–Crippen MR) is 58.9 cm³/mol. The molecule has 5 heteroatoms. The maximum atomic E-state index is 11.7. The second kappa shape index (κ2) is 5.14. The summed E-state index contributed by atoms with van der Waals surface area (Å²) in [4.78, 5) is 0. The number of benzene rings is 1. The van der Waals surface area contributed by atoms with E-state index >= 15 is 0 Å². The lowest BCUT2D eigenvalue weighted by atomic mass is 10.3. The van der Waals surface area contributed by atoms with Crippen molar-refractivity contribution in [3.05, 3.63) is 30.3 Å². The van der Waals surface area contributed by atoms with Gasteiger partial charge in [0.2, 0.25) is 0 Å². The first-order valence-corrected chi connectivity index (χ1v) is 6.21. The first-order valence-electron chi connectivity index (χ1n) is 4.84. The molecule has 0 unspecified atom stereocenters. The molecule has 0 heterocycles. The summed E-state index contributed by atoms with van der Waals surface area (Å²) < 4.78 is 29.5. The third kappa shape index (κ3) is 3.21. The van der Waals surface area contributed by atoms with E-state index in [2.05, 4.69) is 0 Å². The first-order chi connectivity index (χ1) is 7.10. The zero-order chi connectivity index (χ0) is 11.3. The Morgan fingerprint density at radius 1 is 1.13 bits per heavy atom. The van der Waals surface area contributed by atoms with Gasteiger partial charge in [-0.1, -0.05) is 32.0 Å². The molecule has 0 fully saturated rings. The van der Waals surface area contributed by atoms with Crippen molar-refractivity contribution in [2.75, 3.05) is 13.1 Å². The molecule has 4 nitrogen and oxygen atoms in total. The Balaban J connectivity index is 2.81. The minimum atomic E-state index is -3.64. The smallest absolute Gasteiger partial charge is 0.371 e. The topological polar surface area (TPSA) is 46.6 Å². The fourth-order valence-corrected chi connectivity index (χ4v) is 2.28. The summed E-state index contributed by atoms with van der Waals surface area (Å²) in [5, 5.41) is 0. The van der Waals surface area contributed by atoms with E-state index < -0.39 is 10.3 Å². The first kappa shape index (κ1) is 12.0. The molecule has 0 aromatic heterocycles. The van der Waals surface area contributed by atoms with Crippen molar-refractivity contribution >= 4 is 10.3 Å². The van der Waals surface area contributed by atoms with E-state index in [4.69, 9.17) is 4.18 Å². The average Bonchev–Trinajstić information content (AvgIpc) is 2.19. The minimum absolute atomic E-state index is 0.337. The molecular formula is C10H15NO3S. The average molecular weight is 229 g/mol. The Hall–Kier alpha value is -1.07. The van der Waals surface area contributed by atoms with Crippen LogP contribution in [0.25, 0.3) is 0 Å². The van der Waals surface area contributed by atoms with Crippen molar-refractivity contribution in [3.63, 3.8) is 0 Å². The molecule has 15 heavy (non-hydrogen) atoms. The van der Waals surface area contributed by atoms with Gasteiger partial charge in [0.15, 0.2) is 0 Å². The summed E-state index contributed by atoms with van der Waals surface area (Å²) in [6.07, 6.45) is 0. The molecule has 1 rings (SSSR count). The summed E-state index contributed by atoms with van der Waals surface area (Å²) in [6.45, 7) is 4.36. The number of nitrogens with zero attached hydrogens (tertiary/aromatic N) is 1.